The van der Waals surface area contributed by atoms with Gasteiger partial charge < -0.3 is 0 Å². The molecule has 0 aliphatic carbocycles. The Morgan fingerprint density at radius 2 is 2.10 bits per heavy atom. The summed E-state index contributed by atoms with van der Waals surface area (Å²) in [5.41, 5.74) is 0. The Hall–Kier alpha value is -0.450. The molecule has 1 aromatic heterocycles. The van der Waals surface area contributed by atoms with E-state index in [9.17, 15) is 5.11 Å². The maximum atomic E-state index is 9.32. The van der Waals surface area contributed by atoms with E-state index < -0.39 is 0 Å². The molecule has 2 heteroatoms. The summed E-state index contributed by atoms with van der Waals surface area (Å²) in [5.74, 6) is 0.477. The summed E-state index contributed by atoms with van der Waals surface area (Å²) in [6.45, 7) is 0. The van der Waals surface area contributed by atoms with E-state index >= 15 is 0 Å². The van der Waals surface area contributed by atoms with E-state index in [1.165, 1.54) is 8.79 Å². The number of phenols is 1. The molecule has 0 fully saturated rings. The number of hydrogen-bond donors (Lipinski definition) is 1. The van der Waals surface area contributed by atoms with Gasteiger partial charge in [-0.05, 0) is 0 Å². The Balaban J connectivity index is 2.95. The summed E-state index contributed by atoms with van der Waals surface area (Å²) in [4.78, 5) is 0. The van der Waals surface area contributed by atoms with Gasteiger partial charge in [0.1, 0.15) is 0 Å². The average Bonchev–Trinajstić information content (AvgIpc) is 2.36. The SMILES string of the molecule is Oc1cccc2cc[te]c12. The molecule has 0 saturated heterocycles. The van der Waals surface area contributed by atoms with Crippen LogP contribution in [0.25, 0.3) is 8.79 Å². The van der Waals surface area contributed by atoms with Crippen LogP contribution in [0.4, 0.5) is 0 Å². The normalized spacial score (nSPS) is 10.4. The van der Waals surface area contributed by atoms with Crippen LogP contribution in [0.15, 0.2) is 28.3 Å². The van der Waals surface area contributed by atoms with E-state index in [4.69, 9.17) is 0 Å². The van der Waals surface area contributed by atoms with Gasteiger partial charge in [0.15, 0.2) is 0 Å². The molecule has 2 aromatic rings. The van der Waals surface area contributed by atoms with E-state index in [0.717, 1.165) is 0 Å². The Bertz CT molecular complexity index is 351. The van der Waals surface area contributed by atoms with Crippen molar-refractivity contribution in [3.63, 3.8) is 0 Å². The van der Waals surface area contributed by atoms with Crippen LogP contribution in [0.3, 0.4) is 0 Å². The number of rotatable bonds is 0. The molecule has 0 bridgehead atoms. The van der Waals surface area contributed by atoms with Crippen LogP contribution < -0.4 is 0 Å². The summed E-state index contributed by atoms with van der Waals surface area (Å²) in [6.07, 6.45) is 0. The molecular weight excluding hydrogens is 240 g/mol. The molecule has 0 radical (unpaired) electrons. The third-order valence-electron chi connectivity index (χ3n) is 1.46. The van der Waals surface area contributed by atoms with Gasteiger partial charge in [-0.2, -0.15) is 0 Å². The van der Waals surface area contributed by atoms with Crippen LogP contribution in [0.1, 0.15) is 0 Å². The quantitative estimate of drug-likeness (QED) is 0.699. The van der Waals surface area contributed by atoms with Crippen molar-refractivity contribution >= 4 is 29.2 Å². The monoisotopic (exact) mass is 248 g/mol. The average molecular weight is 246 g/mol. The van der Waals surface area contributed by atoms with Gasteiger partial charge in [-0.25, -0.2) is 0 Å². The number of hydrogen-bond acceptors (Lipinski definition) is 1. The van der Waals surface area contributed by atoms with Crippen molar-refractivity contribution in [3.05, 3.63) is 28.3 Å². The van der Waals surface area contributed by atoms with Gasteiger partial charge >= 0.3 is 68.4 Å². The van der Waals surface area contributed by atoms with Crippen molar-refractivity contribution in [3.8, 4) is 5.75 Å². The van der Waals surface area contributed by atoms with Crippen LogP contribution >= 0.6 is 0 Å². The summed E-state index contributed by atoms with van der Waals surface area (Å²) in [6, 6.07) is 7.79. The number of benzene rings is 1. The Morgan fingerprint density at radius 3 is 2.90 bits per heavy atom. The Morgan fingerprint density at radius 1 is 1.20 bits per heavy atom. The Kier molecular flexibility index (Phi) is 1.44. The van der Waals surface area contributed by atoms with Crippen molar-refractivity contribution in [1.82, 2.24) is 0 Å². The molecule has 0 atom stereocenters. The zero-order chi connectivity index (χ0) is 6.97. The second kappa shape index (κ2) is 2.30. The molecule has 0 aliphatic heterocycles. The molecule has 0 spiro atoms. The standard InChI is InChI=1S/C8H6OTe/c9-7-3-1-2-6-4-5-10-8(6)7/h1-5,9H. The van der Waals surface area contributed by atoms with E-state index in [1.54, 1.807) is 6.07 Å². The maximum absolute atomic E-state index is 9.32. The second-order valence-corrected chi connectivity index (χ2v) is 4.73. The molecule has 0 aliphatic rings. The molecule has 1 nitrogen and oxygen atoms in total. The summed E-state index contributed by atoms with van der Waals surface area (Å²) >= 11 is -0.195. The molecule has 0 unspecified atom stereocenters. The predicted octanol–water partition coefficient (Wildman–Crippen LogP) is 1.60. The minimum atomic E-state index is -0.195. The fourth-order valence-electron chi connectivity index (χ4n) is 0.977. The van der Waals surface area contributed by atoms with Crippen molar-refractivity contribution in [2.45, 2.75) is 0 Å². The van der Waals surface area contributed by atoms with Crippen LogP contribution in [0, 0.1) is 0 Å². The van der Waals surface area contributed by atoms with Crippen LogP contribution in [-0.4, -0.2) is 25.5 Å². The van der Waals surface area contributed by atoms with E-state index in [2.05, 4.69) is 10.1 Å². The molecule has 1 heterocycles. The fourth-order valence-corrected chi connectivity index (χ4v) is 3.29. The van der Waals surface area contributed by atoms with E-state index in [-0.39, 0.29) is 20.4 Å². The number of fused-ring (bicyclic) bond motifs is 1. The molecule has 0 saturated carbocycles. The third-order valence-corrected chi connectivity index (χ3v) is 4.18. The van der Waals surface area contributed by atoms with Crippen molar-refractivity contribution in [2.75, 3.05) is 0 Å². The summed E-state index contributed by atoms with van der Waals surface area (Å²) in [5, 5.41) is 10.5. The first-order valence-corrected chi connectivity index (χ1v) is 5.54. The second-order valence-electron chi connectivity index (χ2n) is 2.12. The van der Waals surface area contributed by atoms with Crippen LogP contribution in [0.2, 0.25) is 0 Å². The van der Waals surface area contributed by atoms with E-state index in [0.29, 0.717) is 5.75 Å². The van der Waals surface area contributed by atoms with Crippen molar-refractivity contribution in [1.29, 1.82) is 0 Å². The van der Waals surface area contributed by atoms with Gasteiger partial charge in [-0.3, -0.25) is 0 Å². The van der Waals surface area contributed by atoms with Gasteiger partial charge in [0.2, 0.25) is 0 Å². The molecule has 2 rings (SSSR count). The Labute approximate surface area is 68.5 Å². The zero-order valence-electron chi connectivity index (χ0n) is 5.24. The summed E-state index contributed by atoms with van der Waals surface area (Å²) in [7, 11) is 0. The molecular formula is C8H6OTe. The fraction of sp³-hybridized carbons (Fsp3) is 0. The molecule has 10 heavy (non-hydrogen) atoms. The first-order valence-electron chi connectivity index (χ1n) is 3.03. The topological polar surface area (TPSA) is 20.2 Å². The molecule has 50 valence electrons. The number of aromatic hydroxyl groups is 1. The third kappa shape index (κ3) is 0.847. The molecule has 1 N–H and O–H groups in total. The van der Waals surface area contributed by atoms with Gasteiger partial charge in [0, 0.05) is 0 Å². The minimum absolute atomic E-state index is 0.195. The van der Waals surface area contributed by atoms with Gasteiger partial charge in [-0.1, -0.05) is 0 Å². The van der Waals surface area contributed by atoms with Gasteiger partial charge in [0.05, 0.1) is 0 Å². The van der Waals surface area contributed by atoms with Crippen molar-refractivity contribution < 1.29 is 5.11 Å². The van der Waals surface area contributed by atoms with Crippen molar-refractivity contribution in [2.24, 2.45) is 0 Å². The summed E-state index contributed by atoms with van der Waals surface area (Å²) < 4.78 is 3.38. The first-order chi connectivity index (χ1) is 4.88. The van der Waals surface area contributed by atoms with Crippen LogP contribution in [0.5, 0.6) is 5.75 Å². The zero-order valence-corrected chi connectivity index (χ0v) is 7.57. The molecule has 1 aromatic carbocycles. The van der Waals surface area contributed by atoms with Gasteiger partial charge in [0.25, 0.3) is 0 Å². The van der Waals surface area contributed by atoms with Gasteiger partial charge in [-0.15, -0.1) is 0 Å². The van der Waals surface area contributed by atoms with Crippen LogP contribution in [-0.2, 0) is 0 Å². The number of phenolic OH excluding ortho intramolecular Hbond substituents is 1. The first kappa shape index (κ1) is 6.27. The van der Waals surface area contributed by atoms with E-state index in [1.807, 2.05) is 12.1 Å². The predicted molar refractivity (Wildman–Crippen MR) is 42.6 cm³/mol. The molecule has 0 amide bonds.